The second-order valence-electron chi connectivity index (χ2n) is 8.24. The minimum absolute atomic E-state index is 0.0694. The van der Waals surface area contributed by atoms with Crippen LogP contribution in [0.25, 0.3) is 0 Å². The monoisotopic (exact) mass is 534 g/mol. The van der Waals surface area contributed by atoms with E-state index in [1.165, 1.54) is 11.8 Å². The van der Waals surface area contributed by atoms with Crippen LogP contribution in [0, 0.1) is 0 Å². The van der Waals surface area contributed by atoms with Gasteiger partial charge in [0.2, 0.25) is 0 Å². The molecule has 4 nitrogen and oxygen atoms in total. The number of thioether (sulfide) groups is 1. The van der Waals surface area contributed by atoms with Gasteiger partial charge in [-0.1, -0.05) is 57.2 Å². The summed E-state index contributed by atoms with van der Waals surface area (Å²) in [6, 6.07) is 10.4. The van der Waals surface area contributed by atoms with E-state index in [2.05, 4.69) is 29.2 Å². The van der Waals surface area contributed by atoms with Gasteiger partial charge in [-0.05, 0) is 51.8 Å². The molecule has 2 fully saturated rings. The summed E-state index contributed by atoms with van der Waals surface area (Å²) >= 11 is 1.82. The number of hydrogen-bond acceptors (Lipinski definition) is 5. The van der Waals surface area contributed by atoms with Crippen LogP contribution in [0.2, 0.25) is 0 Å². The van der Waals surface area contributed by atoms with Crippen LogP contribution in [0.1, 0.15) is 54.4 Å². The number of rotatable bonds is 7. The standard InChI is InChI=1S/C15H20O3S.C10H12F4O.C2H6/c1-15(2)17-12-8-9-16-13(14(12)18-15)10-19-11-6-4-3-5-7-11;1-3-5-9(10(11,12)13)7-4-6-8(2)15-14;1-2/h3-7,12-14H,8-10H2,1-2H3;4-7H,3H2,1-2H3;1-2H3/b;7-4-,8-6+,9-5-;. The zero-order chi connectivity index (χ0) is 27.2. The molecule has 2 aliphatic heterocycles. The lowest BCUT2D eigenvalue weighted by atomic mass is 10.0. The average Bonchev–Trinajstić information content (AvgIpc) is 3.18. The molecule has 0 amide bonds. The van der Waals surface area contributed by atoms with Crippen molar-refractivity contribution >= 4 is 11.8 Å². The fourth-order valence-corrected chi connectivity index (χ4v) is 4.47. The Labute approximate surface area is 216 Å². The molecule has 2 heterocycles. The highest BCUT2D eigenvalue weighted by Gasteiger charge is 2.47. The molecule has 1 aromatic rings. The Balaban J connectivity index is 0.000000348. The minimum atomic E-state index is -4.38. The predicted molar refractivity (Wildman–Crippen MR) is 136 cm³/mol. The van der Waals surface area contributed by atoms with E-state index in [9.17, 15) is 17.7 Å². The van der Waals surface area contributed by atoms with E-state index in [-0.39, 0.29) is 30.5 Å². The zero-order valence-electron chi connectivity index (χ0n) is 21.8. The van der Waals surface area contributed by atoms with Gasteiger partial charge in [0.15, 0.2) is 5.79 Å². The van der Waals surface area contributed by atoms with E-state index >= 15 is 0 Å². The molecule has 0 aromatic heterocycles. The summed E-state index contributed by atoms with van der Waals surface area (Å²) in [6.45, 7) is 11.6. The summed E-state index contributed by atoms with van der Waals surface area (Å²) in [4.78, 5) is 4.56. The molecule has 2 aliphatic rings. The molecule has 0 saturated carbocycles. The number of alkyl halides is 3. The molecular formula is C27H38F4O4S. The second-order valence-corrected chi connectivity index (χ2v) is 9.33. The molecule has 204 valence electrons. The van der Waals surface area contributed by atoms with Crippen LogP contribution in [-0.4, -0.2) is 42.6 Å². The predicted octanol–water partition coefficient (Wildman–Crippen LogP) is 8.36. The van der Waals surface area contributed by atoms with Crippen molar-refractivity contribution < 1.29 is 36.8 Å². The van der Waals surface area contributed by atoms with Gasteiger partial charge in [-0.2, -0.15) is 13.2 Å². The molecule has 0 N–H and O–H groups in total. The summed E-state index contributed by atoms with van der Waals surface area (Å²) in [5.41, 5.74) is -0.757. The molecule has 3 atom stereocenters. The van der Waals surface area contributed by atoms with Gasteiger partial charge in [-0.15, -0.1) is 11.8 Å². The molecular weight excluding hydrogens is 496 g/mol. The summed E-state index contributed by atoms with van der Waals surface area (Å²) in [7, 11) is 0. The van der Waals surface area contributed by atoms with E-state index in [1.807, 2.05) is 45.5 Å². The Kier molecular flexibility index (Phi) is 14.4. The number of allylic oxidation sites excluding steroid dienone is 6. The van der Waals surface area contributed by atoms with Crippen LogP contribution in [0.15, 0.2) is 70.9 Å². The van der Waals surface area contributed by atoms with Crippen molar-refractivity contribution in [2.45, 2.75) is 89.6 Å². The molecule has 1 aromatic carbocycles. The highest BCUT2D eigenvalue weighted by Crippen LogP contribution is 2.36. The highest BCUT2D eigenvalue weighted by molar-refractivity contribution is 7.99. The van der Waals surface area contributed by atoms with E-state index < -0.39 is 17.5 Å². The lowest BCUT2D eigenvalue weighted by Crippen LogP contribution is -2.44. The maximum atomic E-state index is 12.3. The van der Waals surface area contributed by atoms with Gasteiger partial charge in [0.25, 0.3) is 0 Å². The Bertz CT molecular complexity index is 838. The summed E-state index contributed by atoms with van der Waals surface area (Å²) in [6.07, 6.45) is 1.31. The molecule has 3 rings (SSSR count). The largest absolute Gasteiger partial charge is 0.416 e. The Hall–Kier alpha value is -1.81. The van der Waals surface area contributed by atoms with Crippen LogP contribution in [-0.2, 0) is 19.2 Å². The van der Waals surface area contributed by atoms with Gasteiger partial charge in [-0.25, -0.2) is 0 Å². The van der Waals surface area contributed by atoms with Gasteiger partial charge < -0.3 is 14.2 Å². The fraction of sp³-hybridized carbons (Fsp3) is 0.556. The van der Waals surface area contributed by atoms with Gasteiger partial charge in [-0.3, -0.25) is 4.94 Å². The van der Waals surface area contributed by atoms with Crippen molar-refractivity contribution in [3.63, 3.8) is 0 Å². The highest BCUT2D eigenvalue weighted by atomic mass is 32.2. The molecule has 0 bridgehead atoms. The maximum Gasteiger partial charge on any atom is 0.416 e. The molecule has 0 aliphatic carbocycles. The fourth-order valence-electron chi connectivity index (χ4n) is 3.48. The first-order chi connectivity index (χ1) is 17.1. The van der Waals surface area contributed by atoms with Crippen molar-refractivity contribution in [2.75, 3.05) is 12.4 Å². The van der Waals surface area contributed by atoms with Crippen LogP contribution < -0.4 is 0 Å². The van der Waals surface area contributed by atoms with E-state index in [1.54, 1.807) is 6.92 Å². The van der Waals surface area contributed by atoms with Gasteiger partial charge >= 0.3 is 6.18 Å². The van der Waals surface area contributed by atoms with Crippen molar-refractivity contribution in [3.8, 4) is 0 Å². The first kappa shape index (κ1) is 32.2. The summed E-state index contributed by atoms with van der Waals surface area (Å²) in [5, 5.41) is 0. The SMILES string of the molecule is CC.CC/C=C(/C=C\C=C(/C)OF)C(F)(F)F.CC1(C)OC2CCOC(CSc3ccccc3)C2O1. The molecule has 0 radical (unpaired) electrons. The van der Waals surface area contributed by atoms with Crippen molar-refractivity contribution in [1.29, 1.82) is 0 Å². The first-order valence-electron chi connectivity index (χ1n) is 12.1. The Morgan fingerprint density at radius 3 is 2.42 bits per heavy atom. The average molecular weight is 535 g/mol. The van der Waals surface area contributed by atoms with Gasteiger partial charge in [0, 0.05) is 21.8 Å². The quantitative estimate of drug-likeness (QED) is 0.152. The molecule has 2 saturated heterocycles. The third-order valence-electron chi connectivity index (χ3n) is 4.96. The minimum Gasteiger partial charge on any atom is -0.374 e. The lowest BCUT2D eigenvalue weighted by molar-refractivity contribution is -0.151. The zero-order valence-corrected chi connectivity index (χ0v) is 22.6. The second kappa shape index (κ2) is 16.1. The maximum absolute atomic E-state index is 12.3. The topological polar surface area (TPSA) is 36.9 Å². The first-order valence-corrected chi connectivity index (χ1v) is 13.1. The molecule has 36 heavy (non-hydrogen) atoms. The number of benzene rings is 1. The molecule has 0 spiro atoms. The number of fused-ring (bicyclic) bond motifs is 1. The smallest absolute Gasteiger partial charge is 0.374 e. The van der Waals surface area contributed by atoms with Crippen molar-refractivity contribution in [1.82, 2.24) is 0 Å². The molecule has 3 unspecified atom stereocenters. The van der Waals surface area contributed by atoms with Gasteiger partial charge in [0.1, 0.15) is 11.9 Å². The Morgan fingerprint density at radius 2 is 1.83 bits per heavy atom. The van der Waals surface area contributed by atoms with E-state index in [0.717, 1.165) is 43.1 Å². The third kappa shape index (κ3) is 11.5. The lowest BCUT2D eigenvalue weighted by Gasteiger charge is -2.31. The van der Waals surface area contributed by atoms with E-state index in [4.69, 9.17) is 14.2 Å². The van der Waals surface area contributed by atoms with Crippen LogP contribution in [0.4, 0.5) is 17.7 Å². The van der Waals surface area contributed by atoms with Crippen molar-refractivity contribution in [3.05, 3.63) is 66.0 Å². The van der Waals surface area contributed by atoms with Crippen molar-refractivity contribution in [2.24, 2.45) is 0 Å². The third-order valence-corrected chi connectivity index (χ3v) is 6.06. The van der Waals surface area contributed by atoms with Gasteiger partial charge in [0.05, 0.1) is 17.8 Å². The normalized spacial score (nSPS) is 23.8. The molecule has 9 heteroatoms. The number of ether oxygens (including phenoxy) is 3. The summed E-state index contributed by atoms with van der Waals surface area (Å²) in [5.74, 6) is 0.327. The Morgan fingerprint density at radius 1 is 1.17 bits per heavy atom. The summed E-state index contributed by atoms with van der Waals surface area (Å²) < 4.78 is 66.1. The van der Waals surface area contributed by atoms with Crippen LogP contribution >= 0.6 is 11.8 Å². The number of hydrogen-bond donors (Lipinski definition) is 0. The van der Waals surface area contributed by atoms with Crippen LogP contribution in [0.5, 0.6) is 0 Å². The van der Waals surface area contributed by atoms with E-state index in [0.29, 0.717) is 0 Å². The number of halogens is 4. The van der Waals surface area contributed by atoms with Crippen LogP contribution in [0.3, 0.4) is 0 Å².